The first-order valence-electron chi connectivity index (χ1n) is 9.39. The lowest BCUT2D eigenvalue weighted by Crippen LogP contribution is -2.46. The van der Waals surface area contributed by atoms with Crippen molar-refractivity contribution in [2.24, 2.45) is 5.92 Å². The van der Waals surface area contributed by atoms with Gasteiger partial charge in [-0.3, -0.25) is 19.4 Å². The maximum atomic E-state index is 12.4. The highest BCUT2D eigenvalue weighted by Gasteiger charge is 2.25. The van der Waals surface area contributed by atoms with Crippen molar-refractivity contribution in [3.8, 4) is 0 Å². The van der Waals surface area contributed by atoms with Gasteiger partial charge in [0.05, 0.1) is 13.1 Å². The van der Waals surface area contributed by atoms with Crippen LogP contribution in [-0.2, 0) is 9.59 Å². The molecule has 1 aliphatic carbocycles. The first-order valence-corrected chi connectivity index (χ1v) is 9.39. The number of aliphatic carboxylic acids is 1. The molecule has 0 aromatic rings. The Morgan fingerprint density at radius 2 is 1.84 bits per heavy atom. The molecule has 0 bridgehead atoms. The second kappa shape index (κ2) is 11.0. The Bertz CT molecular complexity index is 436. The number of nitrogens with one attached hydrogen (secondary N) is 1. The summed E-state index contributed by atoms with van der Waals surface area (Å²) in [6.45, 7) is 4.58. The van der Waals surface area contributed by atoms with Crippen molar-refractivity contribution in [1.82, 2.24) is 15.1 Å². The zero-order valence-electron chi connectivity index (χ0n) is 15.6. The Morgan fingerprint density at radius 3 is 2.52 bits per heavy atom. The van der Waals surface area contributed by atoms with Crippen molar-refractivity contribution in [2.45, 2.75) is 64.0 Å². The van der Waals surface area contributed by atoms with Gasteiger partial charge in [0, 0.05) is 18.6 Å². The van der Waals surface area contributed by atoms with E-state index in [1.807, 2.05) is 11.9 Å². The van der Waals surface area contributed by atoms with Crippen molar-refractivity contribution in [3.05, 3.63) is 0 Å². The van der Waals surface area contributed by atoms with Gasteiger partial charge in [-0.1, -0.05) is 19.8 Å². The average molecular weight is 376 g/mol. The molecule has 1 amide bonds. The maximum Gasteiger partial charge on any atom is 0.317 e. The van der Waals surface area contributed by atoms with E-state index in [1.165, 1.54) is 19.3 Å². The van der Waals surface area contributed by atoms with Crippen molar-refractivity contribution in [2.75, 3.05) is 33.2 Å². The molecule has 0 radical (unpaired) electrons. The molecule has 1 saturated heterocycles. The van der Waals surface area contributed by atoms with Gasteiger partial charge in [0.25, 0.3) is 0 Å². The van der Waals surface area contributed by atoms with E-state index >= 15 is 0 Å². The van der Waals surface area contributed by atoms with E-state index in [0.717, 1.165) is 38.8 Å². The minimum Gasteiger partial charge on any atom is -0.480 e. The lowest BCUT2D eigenvalue weighted by molar-refractivity contribution is -0.138. The standard InChI is InChI=1S/C18H33N3O3.ClH/c1-14-6-3-4-8-16(14)19-17(22)12-21-10-5-7-15(9-11-21)20(2)13-18(23)24;/h14-16H,3-13H2,1-2H3,(H,19,22)(H,23,24);1H. The average Bonchev–Trinajstić information content (AvgIpc) is 2.74. The summed E-state index contributed by atoms with van der Waals surface area (Å²) in [5.41, 5.74) is 0. The number of likely N-dealkylation sites (N-methyl/N-ethyl adjacent to an activating group) is 1. The van der Waals surface area contributed by atoms with Crippen LogP contribution in [-0.4, -0.2) is 72.1 Å². The van der Waals surface area contributed by atoms with Crippen LogP contribution in [0, 0.1) is 5.92 Å². The monoisotopic (exact) mass is 375 g/mol. The molecule has 2 rings (SSSR count). The zero-order valence-corrected chi connectivity index (χ0v) is 16.4. The van der Waals surface area contributed by atoms with Crippen LogP contribution in [0.5, 0.6) is 0 Å². The number of hydrogen-bond donors (Lipinski definition) is 2. The van der Waals surface area contributed by atoms with Gasteiger partial charge in [-0.25, -0.2) is 0 Å². The van der Waals surface area contributed by atoms with Gasteiger partial charge in [0.2, 0.25) is 5.91 Å². The van der Waals surface area contributed by atoms with Crippen LogP contribution in [0.25, 0.3) is 0 Å². The van der Waals surface area contributed by atoms with Crippen molar-refractivity contribution >= 4 is 24.3 Å². The first-order chi connectivity index (χ1) is 11.5. The van der Waals surface area contributed by atoms with E-state index < -0.39 is 5.97 Å². The normalized spacial score (nSPS) is 28.0. The van der Waals surface area contributed by atoms with Crippen LogP contribution in [0.15, 0.2) is 0 Å². The molecule has 146 valence electrons. The summed E-state index contributed by atoms with van der Waals surface area (Å²) in [6.07, 6.45) is 7.77. The molecule has 0 aromatic carbocycles. The molecule has 2 N–H and O–H groups in total. The molecule has 6 nitrogen and oxygen atoms in total. The second-order valence-corrected chi connectivity index (χ2v) is 7.61. The molecule has 2 aliphatic rings. The Morgan fingerprint density at radius 1 is 1.12 bits per heavy atom. The number of carbonyl (C=O) groups is 2. The van der Waals surface area contributed by atoms with Gasteiger partial charge in [0.1, 0.15) is 0 Å². The van der Waals surface area contributed by atoms with Crippen LogP contribution in [0.3, 0.4) is 0 Å². The highest BCUT2D eigenvalue weighted by atomic mass is 35.5. The highest BCUT2D eigenvalue weighted by molar-refractivity contribution is 5.85. The van der Waals surface area contributed by atoms with E-state index in [1.54, 1.807) is 0 Å². The van der Waals surface area contributed by atoms with Crippen LogP contribution < -0.4 is 5.32 Å². The summed E-state index contributed by atoms with van der Waals surface area (Å²) < 4.78 is 0. The number of nitrogens with zero attached hydrogens (tertiary/aromatic N) is 2. The van der Waals surface area contributed by atoms with E-state index in [2.05, 4.69) is 17.1 Å². The molecular weight excluding hydrogens is 342 g/mol. The molecule has 1 aliphatic heterocycles. The Labute approximate surface area is 157 Å². The summed E-state index contributed by atoms with van der Waals surface area (Å²) >= 11 is 0. The Balaban J connectivity index is 0.00000312. The summed E-state index contributed by atoms with van der Waals surface area (Å²) in [7, 11) is 1.88. The van der Waals surface area contributed by atoms with Crippen LogP contribution in [0.1, 0.15) is 51.9 Å². The number of carbonyl (C=O) groups excluding carboxylic acids is 1. The number of amides is 1. The maximum absolute atomic E-state index is 12.4. The third-order valence-corrected chi connectivity index (χ3v) is 5.62. The van der Waals surface area contributed by atoms with Crippen LogP contribution in [0.4, 0.5) is 0 Å². The fraction of sp³-hybridized carbons (Fsp3) is 0.889. The van der Waals surface area contributed by atoms with E-state index in [4.69, 9.17) is 5.11 Å². The molecule has 7 heteroatoms. The molecule has 0 aromatic heterocycles. The summed E-state index contributed by atoms with van der Waals surface area (Å²) in [6, 6.07) is 0.639. The largest absolute Gasteiger partial charge is 0.480 e. The Kier molecular flexibility index (Phi) is 9.75. The summed E-state index contributed by atoms with van der Waals surface area (Å²) in [4.78, 5) is 27.4. The van der Waals surface area contributed by atoms with E-state index in [0.29, 0.717) is 24.5 Å². The first kappa shape index (κ1) is 22.2. The highest BCUT2D eigenvalue weighted by Crippen LogP contribution is 2.23. The topological polar surface area (TPSA) is 72.9 Å². The van der Waals surface area contributed by atoms with Gasteiger partial charge in [-0.15, -0.1) is 12.4 Å². The minimum atomic E-state index is -0.778. The zero-order chi connectivity index (χ0) is 17.5. The number of rotatable bonds is 6. The molecule has 2 fully saturated rings. The number of hydrogen-bond acceptors (Lipinski definition) is 4. The molecule has 3 unspecified atom stereocenters. The van der Waals surface area contributed by atoms with Gasteiger partial charge in [-0.05, 0) is 51.6 Å². The van der Waals surface area contributed by atoms with Gasteiger partial charge < -0.3 is 10.4 Å². The minimum absolute atomic E-state index is 0. The Hall–Kier alpha value is -0.850. The number of carboxylic acids is 1. The lowest BCUT2D eigenvalue weighted by Gasteiger charge is -2.30. The molecule has 3 atom stereocenters. The van der Waals surface area contributed by atoms with E-state index in [9.17, 15) is 9.59 Å². The summed E-state index contributed by atoms with van der Waals surface area (Å²) in [5.74, 6) is -0.0495. The van der Waals surface area contributed by atoms with Gasteiger partial charge in [0.15, 0.2) is 0 Å². The van der Waals surface area contributed by atoms with Gasteiger partial charge >= 0.3 is 5.97 Å². The lowest BCUT2D eigenvalue weighted by atomic mass is 9.86. The third kappa shape index (κ3) is 7.50. The fourth-order valence-corrected chi connectivity index (χ4v) is 4.07. The molecule has 1 heterocycles. The van der Waals surface area contributed by atoms with Crippen LogP contribution in [0.2, 0.25) is 0 Å². The quantitative estimate of drug-likeness (QED) is 0.742. The molecule has 1 saturated carbocycles. The van der Waals surface area contributed by atoms with Crippen molar-refractivity contribution in [1.29, 1.82) is 0 Å². The fourth-order valence-electron chi connectivity index (χ4n) is 4.07. The predicted molar refractivity (Wildman–Crippen MR) is 101 cm³/mol. The number of likely N-dealkylation sites (tertiary alicyclic amines) is 1. The van der Waals surface area contributed by atoms with Crippen molar-refractivity contribution < 1.29 is 14.7 Å². The third-order valence-electron chi connectivity index (χ3n) is 5.62. The molecular formula is C18H34ClN3O3. The summed E-state index contributed by atoms with van der Waals surface area (Å²) in [5, 5.41) is 12.2. The second-order valence-electron chi connectivity index (χ2n) is 7.61. The van der Waals surface area contributed by atoms with Crippen LogP contribution >= 0.6 is 12.4 Å². The smallest absolute Gasteiger partial charge is 0.317 e. The van der Waals surface area contributed by atoms with E-state index in [-0.39, 0.29) is 24.9 Å². The predicted octanol–water partition coefficient (Wildman–Crippen LogP) is 1.97. The number of halogens is 1. The molecule has 0 spiro atoms. The van der Waals surface area contributed by atoms with Crippen molar-refractivity contribution in [3.63, 3.8) is 0 Å². The molecule has 25 heavy (non-hydrogen) atoms. The van der Waals surface area contributed by atoms with Gasteiger partial charge in [-0.2, -0.15) is 0 Å². The SMILES string of the molecule is CC1CCCCC1NC(=O)CN1CCCC(N(C)CC(=O)O)CC1.Cl. The number of carboxylic acid groups (broad SMARTS) is 1.